The molecule has 4 heterocycles. The lowest BCUT2D eigenvalue weighted by Crippen LogP contribution is -2.70. The molecule has 2 N–H and O–H groups in total. The highest BCUT2D eigenvalue weighted by Gasteiger charge is 2.51. The number of carbonyl (C=O) groups excluding carboxylic acids is 3. The van der Waals surface area contributed by atoms with E-state index < -0.39 is 0 Å². The molecular weight excluding hydrogens is 392 g/mol. The summed E-state index contributed by atoms with van der Waals surface area (Å²) in [7, 11) is 0. The van der Waals surface area contributed by atoms with Crippen LogP contribution in [0.15, 0.2) is 30.3 Å². The van der Waals surface area contributed by atoms with Gasteiger partial charge in [0.15, 0.2) is 0 Å². The van der Waals surface area contributed by atoms with E-state index in [-0.39, 0.29) is 35.7 Å². The zero-order chi connectivity index (χ0) is 20.0. The maximum atomic E-state index is 12.8. The van der Waals surface area contributed by atoms with E-state index in [4.69, 9.17) is 0 Å². The summed E-state index contributed by atoms with van der Waals surface area (Å²) in [5, 5.41) is 15.4. The molecule has 2 aromatic rings. The summed E-state index contributed by atoms with van der Waals surface area (Å²) in [6, 6.07) is 9.78. The minimum atomic E-state index is -0.383. The standard InChI is InChI=1S/C19H20N6O3S/c26-15-7-13(16(27)24-10-19(11-24)9-20-17(28)21-19)8-25(15)18-23-22-14(29-18)6-12-4-2-1-3-5-12/h1-5,13H,6-11H2,(H2,20,21,28). The monoisotopic (exact) mass is 412 g/mol. The van der Waals surface area contributed by atoms with E-state index in [1.807, 2.05) is 30.3 Å². The van der Waals surface area contributed by atoms with Gasteiger partial charge in [-0.3, -0.25) is 14.5 Å². The molecule has 4 amide bonds. The SMILES string of the molecule is O=C1NCC2(CN(C(=O)C3CC(=O)N(c4nnc(Cc5ccccc5)s4)C3)C2)N1. The predicted molar refractivity (Wildman–Crippen MR) is 105 cm³/mol. The Kier molecular flexibility index (Phi) is 4.23. The van der Waals surface area contributed by atoms with E-state index >= 15 is 0 Å². The van der Waals surface area contributed by atoms with Crippen LogP contribution in [0, 0.1) is 5.92 Å². The third kappa shape index (κ3) is 3.33. The highest BCUT2D eigenvalue weighted by molar-refractivity contribution is 7.15. The molecular formula is C19H20N6O3S. The van der Waals surface area contributed by atoms with Crippen molar-refractivity contribution in [1.29, 1.82) is 0 Å². The Morgan fingerprint density at radius 2 is 2.00 bits per heavy atom. The molecule has 3 aliphatic heterocycles. The number of likely N-dealkylation sites (tertiary alicyclic amines) is 1. The van der Waals surface area contributed by atoms with E-state index in [9.17, 15) is 14.4 Å². The minimum absolute atomic E-state index is 0.0401. The van der Waals surface area contributed by atoms with Crippen molar-refractivity contribution in [3.8, 4) is 0 Å². The van der Waals surface area contributed by atoms with Gasteiger partial charge in [0.1, 0.15) is 5.01 Å². The first-order chi connectivity index (χ1) is 14.0. The molecule has 1 spiro atoms. The largest absolute Gasteiger partial charge is 0.337 e. The molecule has 150 valence electrons. The molecule has 0 radical (unpaired) electrons. The Morgan fingerprint density at radius 3 is 2.72 bits per heavy atom. The van der Waals surface area contributed by atoms with Crippen molar-refractivity contribution in [3.63, 3.8) is 0 Å². The van der Waals surface area contributed by atoms with Crippen molar-refractivity contribution in [2.45, 2.75) is 18.4 Å². The van der Waals surface area contributed by atoms with Crippen LogP contribution in [0.4, 0.5) is 9.93 Å². The van der Waals surface area contributed by atoms with Gasteiger partial charge in [-0.25, -0.2) is 4.79 Å². The van der Waals surface area contributed by atoms with Crippen LogP contribution in [0.2, 0.25) is 0 Å². The zero-order valence-corrected chi connectivity index (χ0v) is 16.4. The lowest BCUT2D eigenvalue weighted by atomic mass is 9.89. The Bertz CT molecular complexity index is 971. The number of benzene rings is 1. The van der Waals surface area contributed by atoms with E-state index in [2.05, 4.69) is 20.8 Å². The first-order valence-electron chi connectivity index (χ1n) is 9.53. The average Bonchev–Trinajstić information content (AvgIpc) is 3.39. The van der Waals surface area contributed by atoms with Gasteiger partial charge in [0.25, 0.3) is 0 Å². The summed E-state index contributed by atoms with van der Waals surface area (Å²) in [4.78, 5) is 40.0. The number of nitrogens with one attached hydrogen (secondary N) is 2. The number of amides is 4. The smallest absolute Gasteiger partial charge is 0.315 e. The van der Waals surface area contributed by atoms with Crippen molar-refractivity contribution in [2.24, 2.45) is 5.92 Å². The number of rotatable bonds is 4. The number of carbonyl (C=O) groups is 3. The van der Waals surface area contributed by atoms with Crippen LogP contribution in [0.5, 0.6) is 0 Å². The number of urea groups is 1. The van der Waals surface area contributed by atoms with Gasteiger partial charge in [-0.2, -0.15) is 0 Å². The van der Waals surface area contributed by atoms with Crippen molar-refractivity contribution >= 4 is 34.3 Å². The maximum Gasteiger partial charge on any atom is 0.315 e. The first kappa shape index (κ1) is 18.0. The molecule has 3 fully saturated rings. The number of aromatic nitrogens is 2. The molecule has 0 bridgehead atoms. The second kappa shape index (κ2) is 6.80. The summed E-state index contributed by atoms with van der Waals surface area (Å²) >= 11 is 1.39. The Balaban J connectivity index is 1.21. The molecule has 29 heavy (non-hydrogen) atoms. The molecule has 10 heteroatoms. The predicted octanol–water partition coefficient (Wildman–Crippen LogP) is 0.376. The van der Waals surface area contributed by atoms with Gasteiger partial charge in [-0.1, -0.05) is 41.7 Å². The van der Waals surface area contributed by atoms with Gasteiger partial charge < -0.3 is 15.5 Å². The Morgan fingerprint density at radius 1 is 1.21 bits per heavy atom. The quantitative estimate of drug-likeness (QED) is 0.755. The molecule has 1 aromatic heterocycles. The fraction of sp³-hybridized carbons (Fsp3) is 0.421. The van der Waals surface area contributed by atoms with Gasteiger partial charge in [0.2, 0.25) is 16.9 Å². The molecule has 3 aliphatic rings. The molecule has 1 atom stereocenters. The molecule has 5 rings (SSSR count). The normalized spacial score (nSPS) is 22.6. The maximum absolute atomic E-state index is 12.8. The lowest BCUT2D eigenvalue weighted by Gasteiger charge is -2.47. The third-order valence-corrected chi connectivity index (χ3v) is 6.57. The Labute approximate surface area is 171 Å². The molecule has 9 nitrogen and oxygen atoms in total. The van der Waals surface area contributed by atoms with Crippen LogP contribution in [0.3, 0.4) is 0 Å². The molecule has 3 saturated heterocycles. The van der Waals surface area contributed by atoms with Crippen LogP contribution in [0.1, 0.15) is 17.0 Å². The Hall–Kier alpha value is -3.01. The zero-order valence-electron chi connectivity index (χ0n) is 15.6. The fourth-order valence-corrected chi connectivity index (χ4v) is 5.02. The summed E-state index contributed by atoms with van der Waals surface area (Å²) in [5.74, 6) is -0.523. The van der Waals surface area contributed by atoms with Crippen molar-refractivity contribution in [1.82, 2.24) is 25.7 Å². The average molecular weight is 412 g/mol. The highest BCUT2D eigenvalue weighted by atomic mass is 32.1. The lowest BCUT2D eigenvalue weighted by molar-refractivity contribution is -0.143. The first-order valence-corrected chi connectivity index (χ1v) is 10.3. The van der Waals surface area contributed by atoms with E-state index in [1.54, 1.807) is 9.80 Å². The number of hydrogen-bond donors (Lipinski definition) is 2. The second-order valence-corrected chi connectivity index (χ2v) is 8.87. The second-order valence-electron chi connectivity index (χ2n) is 7.83. The van der Waals surface area contributed by atoms with Crippen LogP contribution in [-0.2, 0) is 16.0 Å². The van der Waals surface area contributed by atoms with Gasteiger partial charge in [-0.05, 0) is 5.56 Å². The molecule has 1 unspecified atom stereocenters. The molecule has 0 aliphatic carbocycles. The van der Waals surface area contributed by atoms with E-state index in [0.717, 1.165) is 10.6 Å². The van der Waals surface area contributed by atoms with E-state index in [1.165, 1.54) is 11.3 Å². The van der Waals surface area contributed by atoms with E-state index in [0.29, 0.717) is 37.7 Å². The van der Waals surface area contributed by atoms with Gasteiger partial charge in [0.05, 0.1) is 11.5 Å². The fourth-order valence-electron chi connectivity index (χ4n) is 4.12. The highest BCUT2D eigenvalue weighted by Crippen LogP contribution is 2.32. The summed E-state index contributed by atoms with van der Waals surface area (Å²) in [5.41, 5.74) is 0.789. The van der Waals surface area contributed by atoms with Gasteiger partial charge in [0, 0.05) is 39.0 Å². The van der Waals surface area contributed by atoms with Crippen molar-refractivity contribution in [3.05, 3.63) is 40.9 Å². The molecule has 0 saturated carbocycles. The minimum Gasteiger partial charge on any atom is -0.337 e. The third-order valence-electron chi connectivity index (χ3n) is 5.62. The molecule has 1 aromatic carbocycles. The number of anilines is 1. The number of hydrogen-bond acceptors (Lipinski definition) is 6. The van der Waals surface area contributed by atoms with Crippen LogP contribution in [-0.4, -0.2) is 64.7 Å². The van der Waals surface area contributed by atoms with Crippen LogP contribution >= 0.6 is 11.3 Å². The topological polar surface area (TPSA) is 108 Å². The summed E-state index contributed by atoms with van der Waals surface area (Å²) < 4.78 is 0. The van der Waals surface area contributed by atoms with Gasteiger partial charge >= 0.3 is 6.03 Å². The van der Waals surface area contributed by atoms with Crippen molar-refractivity contribution < 1.29 is 14.4 Å². The van der Waals surface area contributed by atoms with Gasteiger partial charge in [-0.15, -0.1) is 10.2 Å². The van der Waals surface area contributed by atoms with Crippen LogP contribution in [0.25, 0.3) is 0 Å². The van der Waals surface area contributed by atoms with Crippen molar-refractivity contribution in [2.75, 3.05) is 31.1 Å². The summed E-state index contributed by atoms with van der Waals surface area (Å²) in [6.45, 7) is 1.82. The number of nitrogens with zero attached hydrogens (tertiary/aromatic N) is 4. The summed E-state index contributed by atoms with van der Waals surface area (Å²) in [6.07, 6.45) is 0.846. The van der Waals surface area contributed by atoms with Crippen LogP contribution < -0.4 is 15.5 Å².